The fourth-order valence-corrected chi connectivity index (χ4v) is 2.83. The molecular weight excluding hydrogens is 234 g/mol. The van der Waals surface area contributed by atoms with Crippen LogP contribution in [-0.4, -0.2) is 17.4 Å². The Morgan fingerprint density at radius 2 is 2.06 bits per heavy atom. The van der Waals surface area contributed by atoms with Gasteiger partial charge in [0.25, 0.3) is 5.91 Å². The van der Waals surface area contributed by atoms with Gasteiger partial charge in [0.2, 0.25) is 0 Å². The molecular formula is C12H11N3OS. The minimum absolute atomic E-state index is 0.00616. The summed E-state index contributed by atoms with van der Waals surface area (Å²) >= 11 is 1.27. The first-order valence-electron chi connectivity index (χ1n) is 5.38. The molecule has 0 aliphatic carbocycles. The number of hydrogen-bond donors (Lipinski definition) is 1. The number of benzene rings is 1. The van der Waals surface area contributed by atoms with E-state index in [4.69, 9.17) is 5.73 Å². The SMILES string of the molecule is Nc1nc2c(s1)C(=O)N(c1ccccc1)CC2. The van der Waals surface area contributed by atoms with Crippen LogP contribution in [0.4, 0.5) is 10.8 Å². The van der Waals surface area contributed by atoms with E-state index < -0.39 is 0 Å². The normalized spacial score (nSPS) is 14.8. The zero-order valence-electron chi connectivity index (χ0n) is 9.09. The fourth-order valence-electron chi connectivity index (χ4n) is 2.00. The summed E-state index contributed by atoms with van der Waals surface area (Å²) in [6.45, 7) is 0.666. The molecule has 1 aromatic heterocycles. The summed E-state index contributed by atoms with van der Waals surface area (Å²) in [5.74, 6) is 0.00616. The van der Waals surface area contributed by atoms with Gasteiger partial charge < -0.3 is 10.6 Å². The summed E-state index contributed by atoms with van der Waals surface area (Å²) < 4.78 is 0. The van der Waals surface area contributed by atoms with E-state index in [1.165, 1.54) is 11.3 Å². The summed E-state index contributed by atoms with van der Waals surface area (Å²) in [7, 11) is 0. The largest absolute Gasteiger partial charge is 0.375 e. The third kappa shape index (κ3) is 1.68. The number of fused-ring (bicyclic) bond motifs is 1. The van der Waals surface area contributed by atoms with Gasteiger partial charge in [0.15, 0.2) is 5.13 Å². The summed E-state index contributed by atoms with van der Waals surface area (Å²) in [4.78, 5) is 18.9. The number of thiazole rings is 1. The Morgan fingerprint density at radius 1 is 1.29 bits per heavy atom. The zero-order chi connectivity index (χ0) is 11.8. The van der Waals surface area contributed by atoms with E-state index in [0.717, 1.165) is 17.8 Å². The number of rotatable bonds is 1. The highest BCUT2D eigenvalue weighted by Gasteiger charge is 2.28. The Morgan fingerprint density at radius 3 is 2.82 bits per heavy atom. The highest BCUT2D eigenvalue weighted by atomic mass is 32.1. The van der Waals surface area contributed by atoms with Crippen molar-refractivity contribution in [3.05, 3.63) is 40.9 Å². The van der Waals surface area contributed by atoms with Gasteiger partial charge in [-0.3, -0.25) is 4.79 Å². The van der Waals surface area contributed by atoms with E-state index in [9.17, 15) is 4.79 Å². The van der Waals surface area contributed by atoms with Crippen molar-refractivity contribution in [2.45, 2.75) is 6.42 Å². The molecule has 86 valence electrons. The number of nitrogens with two attached hydrogens (primary N) is 1. The van der Waals surface area contributed by atoms with Crippen molar-refractivity contribution in [3.63, 3.8) is 0 Å². The Balaban J connectivity index is 2.00. The van der Waals surface area contributed by atoms with E-state index in [2.05, 4.69) is 4.98 Å². The molecule has 5 heteroatoms. The Kier molecular flexibility index (Phi) is 2.33. The number of aromatic nitrogens is 1. The molecule has 0 saturated heterocycles. The Labute approximate surface area is 103 Å². The number of nitrogens with zero attached hydrogens (tertiary/aromatic N) is 2. The van der Waals surface area contributed by atoms with Crippen LogP contribution in [0.5, 0.6) is 0 Å². The Bertz CT molecular complexity index is 564. The number of amides is 1. The molecule has 0 spiro atoms. The van der Waals surface area contributed by atoms with Crippen molar-refractivity contribution in [2.75, 3.05) is 17.2 Å². The van der Waals surface area contributed by atoms with E-state index in [-0.39, 0.29) is 5.91 Å². The third-order valence-electron chi connectivity index (χ3n) is 2.79. The molecule has 0 radical (unpaired) electrons. The number of anilines is 2. The first-order valence-corrected chi connectivity index (χ1v) is 6.19. The average molecular weight is 245 g/mol. The molecule has 1 amide bonds. The maximum absolute atomic E-state index is 12.3. The minimum atomic E-state index is 0.00616. The van der Waals surface area contributed by atoms with Gasteiger partial charge in [-0.15, -0.1) is 0 Å². The second-order valence-electron chi connectivity index (χ2n) is 3.87. The molecule has 2 N–H and O–H groups in total. The predicted octanol–water partition coefficient (Wildman–Crippen LogP) is 1.93. The van der Waals surface area contributed by atoms with Gasteiger partial charge in [-0.25, -0.2) is 4.98 Å². The van der Waals surface area contributed by atoms with Crippen LogP contribution in [0.1, 0.15) is 15.4 Å². The molecule has 1 aliphatic heterocycles. The van der Waals surface area contributed by atoms with Gasteiger partial charge in [-0.05, 0) is 12.1 Å². The fraction of sp³-hybridized carbons (Fsp3) is 0.167. The van der Waals surface area contributed by atoms with Crippen LogP contribution in [0.3, 0.4) is 0 Å². The van der Waals surface area contributed by atoms with E-state index >= 15 is 0 Å². The van der Waals surface area contributed by atoms with Crippen molar-refractivity contribution >= 4 is 28.1 Å². The highest BCUT2D eigenvalue weighted by Crippen LogP contribution is 2.29. The number of hydrogen-bond acceptors (Lipinski definition) is 4. The molecule has 1 aromatic carbocycles. The van der Waals surface area contributed by atoms with Crippen LogP contribution in [0, 0.1) is 0 Å². The van der Waals surface area contributed by atoms with Crippen molar-refractivity contribution in [1.29, 1.82) is 0 Å². The lowest BCUT2D eigenvalue weighted by atomic mass is 10.1. The summed E-state index contributed by atoms with van der Waals surface area (Å²) in [5, 5.41) is 0.471. The van der Waals surface area contributed by atoms with Gasteiger partial charge >= 0.3 is 0 Å². The standard InChI is InChI=1S/C12H11N3OS/c13-12-14-9-6-7-15(11(16)10(9)17-12)8-4-2-1-3-5-8/h1-5H,6-7H2,(H2,13,14). The summed E-state index contributed by atoms with van der Waals surface area (Å²) in [6.07, 6.45) is 0.768. The number of carbonyl (C=O) groups excluding carboxylic acids is 1. The first kappa shape index (κ1) is 10.3. The van der Waals surface area contributed by atoms with E-state index in [0.29, 0.717) is 16.6 Å². The number of para-hydroxylation sites is 1. The molecule has 0 unspecified atom stereocenters. The van der Waals surface area contributed by atoms with Gasteiger partial charge in [-0.2, -0.15) is 0 Å². The average Bonchev–Trinajstić information content (AvgIpc) is 2.72. The smallest absolute Gasteiger partial charge is 0.270 e. The van der Waals surface area contributed by atoms with Crippen LogP contribution >= 0.6 is 11.3 Å². The molecule has 2 heterocycles. The molecule has 17 heavy (non-hydrogen) atoms. The van der Waals surface area contributed by atoms with Gasteiger partial charge in [-0.1, -0.05) is 29.5 Å². The van der Waals surface area contributed by atoms with Crippen LogP contribution < -0.4 is 10.6 Å². The topological polar surface area (TPSA) is 59.2 Å². The predicted molar refractivity (Wildman–Crippen MR) is 68.3 cm³/mol. The second kappa shape index (κ2) is 3.85. The van der Waals surface area contributed by atoms with E-state index in [1.54, 1.807) is 4.90 Å². The van der Waals surface area contributed by atoms with Crippen molar-refractivity contribution in [3.8, 4) is 0 Å². The lowest BCUT2D eigenvalue weighted by molar-refractivity contribution is 0.0984. The summed E-state index contributed by atoms with van der Waals surface area (Å²) in [6, 6.07) is 9.67. The highest BCUT2D eigenvalue weighted by molar-refractivity contribution is 7.17. The van der Waals surface area contributed by atoms with E-state index in [1.807, 2.05) is 30.3 Å². The second-order valence-corrected chi connectivity index (χ2v) is 4.90. The molecule has 0 saturated carbocycles. The molecule has 0 atom stereocenters. The van der Waals surface area contributed by atoms with Gasteiger partial charge in [0, 0.05) is 18.7 Å². The molecule has 0 fully saturated rings. The van der Waals surface area contributed by atoms with Crippen molar-refractivity contribution in [1.82, 2.24) is 4.98 Å². The zero-order valence-corrected chi connectivity index (χ0v) is 9.91. The molecule has 1 aliphatic rings. The Hall–Kier alpha value is -1.88. The maximum atomic E-state index is 12.3. The quantitative estimate of drug-likeness (QED) is 0.835. The van der Waals surface area contributed by atoms with Crippen LogP contribution in [-0.2, 0) is 6.42 Å². The van der Waals surface area contributed by atoms with Crippen molar-refractivity contribution in [2.24, 2.45) is 0 Å². The van der Waals surface area contributed by atoms with Crippen LogP contribution in [0.15, 0.2) is 30.3 Å². The minimum Gasteiger partial charge on any atom is -0.375 e. The number of nitrogen functional groups attached to an aromatic ring is 1. The lowest BCUT2D eigenvalue weighted by Gasteiger charge is -2.25. The number of carbonyl (C=O) groups is 1. The van der Waals surface area contributed by atoms with Gasteiger partial charge in [0.05, 0.1) is 5.69 Å². The monoisotopic (exact) mass is 245 g/mol. The lowest BCUT2D eigenvalue weighted by Crippen LogP contribution is -2.36. The summed E-state index contributed by atoms with van der Waals surface area (Å²) in [5.41, 5.74) is 7.41. The van der Waals surface area contributed by atoms with Crippen LogP contribution in [0.25, 0.3) is 0 Å². The first-order chi connectivity index (χ1) is 8.25. The molecule has 4 nitrogen and oxygen atoms in total. The molecule has 3 rings (SSSR count). The maximum Gasteiger partial charge on any atom is 0.270 e. The van der Waals surface area contributed by atoms with Gasteiger partial charge in [0.1, 0.15) is 4.88 Å². The van der Waals surface area contributed by atoms with Crippen molar-refractivity contribution < 1.29 is 4.79 Å². The van der Waals surface area contributed by atoms with Crippen LogP contribution in [0.2, 0.25) is 0 Å². The molecule has 0 bridgehead atoms. The molecule has 2 aromatic rings. The third-order valence-corrected chi connectivity index (χ3v) is 3.71.